The summed E-state index contributed by atoms with van der Waals surface area (Å²) in [6, 6.07) is 19.7. The standard InChI is InChI=1S/C21H27N3O2/c1-2-23-13-15-24(16-14-23)20(18-9-5-3-6-10-18)17-22-21(25)26-19-11-7-4-8-12-19/h3-12,20H,2,13-17H2,1H3,(H,22,25). The van der Waals surface area contributed by atoms with Crippen LogP contribution in [0.1, 0.15) is 18.5 Å². The van der Waals surface area contributed by atoms with E-state index in [0.717, 1.165) is 32.7 Å². The van der Waals surface area contributed by atoms with Gasteiger partial charge in [0.05, 0.1) is 6.04 Å². The average Bonchev–Trinajstić information content (AvgIpc) is 2.70. The molecule has 1 saturated heterocycles. The highest BCUT2D eigenvalue weighted by Crippen LogP contribution is 2.21. The zero-order valence-electron chi connectivity index (χ0n) is 15.3. The second kappa shape index (κ2) is 9.36. The van der Waals surface area contributed by atoms with Crippen LogP contribution in [0.4, 0.5) is 4.79 Å². The highest BCUT2D eigenvalue weighted by Gasteiger charge is 2.25. The van der Waals surface area contributed by atoms with Gasteiger partial charge in [-0.25, -0.2) is 4.79 Å². The van der Waals surface area contributed by atoms with Gasteiger partial charge in [-0.2, -0.15) is 0 Å². The lowest BCUT2D eigenvalue weighted by molar-refractivity contribution is 0.0977. The van der Waals surface area contributed by atoms with Crippen molar-refractivity contribution in [2.75, 3.05) is 39.3 Å². The molecule has 0 bridgehead atoms. The molecule has 5 nitrogen and oxygen atoms in total. The van der Waals surface area contributed by atoms with Crippen LogP contribution >= 0.6 is 0 Å². The van der Waals surface area contributed by atoms with Crippen molar-refractivity contribution in [1.29, 1.82) is 0 Å². The molecular formula is C21H27N3O2. The van der Waals surface area contributed by atoms with Crippen molar-refractivity contribution >= 4 is 6.09 Å². The van der Waals surface area contributed by atoms with E-state index >= 15 is 0 Å². The number of hydrogen-bond donors (Lipinski definition) is 1. The van der Waals surface area contributed by atoms with Gasteiger partial charge in [0, 0.05) is 32.7 Å². The molecule has 2 aromatic rings. The minimum atomic E-state index is -0.413. The number of para-hydroxylation sites is 1. The molecule has 138 valence electrons. The number of carbonyl (C=O) groups excluding carboxylic acids is 1. The Bertz CT molecular complexity index is 670. The summed E-state index contributed by atoms with van der Waals surface area (Å²) in [5, 5.41) is 2.94. The topological polar surface area (TPSA) is 44.8 Å². The van der Waals surface area contributed by atoms with Gasteiger partial charge in [0.2, 0.25) is 0 Å². The van der Waals surface area contributed by atoms with E-state index in [2.05, 4.69) is 34.2 Å². The normalized spacial score (nSPS) is 16.8. The van der Waals surface area contributed by atoms with Crippen LogP contribution in [-0.4, -0.2) is 55.2 Å². The third-order valence-electron chi connectivity index (χ3n) is 4.87. The zero-order valence-corrected chi connectivity index (χ0v) is 15.3. The van der Waals surface area contributed by atoms with Crippen LogP contribution in [0.15, 0.2) is 60.7 Å². The summed E-state index contributed by atoms with van der Waals surface area (Å²) in [6.07, 6.45) is -0.413. The summed E-state index contributed by atoms with van der Waals surface area (Å²) in [5.74, 6) is 0.554. The van der Waals surface area contributed by atoms with E-state index in [-0.39, 0.29) is 6.04 Å². The molecule has 1 N–H and O–H groups in total. The van der Waals surface area contributed by atoms with Crippen LogP contribution in [0.25, 0.3) is 0 Å². The van der Waals surface area contributed by atoms with Gasteiger partial charge in [-0.05, 0) is 24.2 Å². The second-order valence-electron chi connectivity index (χ2n) is 6.48. The van der Waals surface area contributed by atoms with Gasteiger partial charge in [-0.3, -0.25) is 4.90 Å². The van der Waals surface area contributed by atoms with E-state index in [1.165, 1.54) is 5.56 Å². The van der Waals surface area contributed by atoms with Crippen LogP contribution in [0, 0.1) is 0 Å². The summed E-state index contributed by atoms with van der Waals surface area (Å²) in [5.41, 5.74) is 1.22. The smallest absolute Gasteiger partial charge is 0.410 e. The summed E-state index contributed by atoms with van der Waals surface area (Å²) in [7, 11) is 0. The van der Waals surface area contributed by atoms with Crippen LogP contribution < -0.4 is 10.1 Å². The van der Waals surface area contributed by atoms with Crippen LogP contribution in [-0.2, 0) is 0 Å². The summed E-state index contributed by atoms with van der Waals surface area (Å²) >= 11 is 0. The van der Waals surface area contributed by atoms with Crippen LogP contribution in [0.5, 0.6) is 5.75 Å². The largest absolute Gasteiger partial charge is 0.412 e. The van der Waals surface area contributed by atoms with Crippen molar-refractivity contribution in [2.24, 2.45) is 0 Å². The maximum atomic E-state index is 12.2. The number of ether oxygens (including phenoxy) is 1. The van der Waals surface area contributed by atoms with Crippen molar-refractivity contribution in [3.05, 3.63) is 66.2 Å². The molecular weight excluding hydrogens is 326 g/mol. The molecule has 0 aliphatic carbocycles. The van der Waals surface area contributed by atoms with Gasteiger partial charge < -0.3 is 15.0 Å². The van der Waals surface area contributed by atoms with Gasteiger partial charge in [-0.15, -0.1) is 0 Å². The molecule has 1 amide bonds. The number of benzene rings is 2. The maximum absolute atomic E-state index is 12.2. The van der Waals surface area contributed by atoms with Crippen molar-refractivity contribution < 1.29 is 9.53 Å². The van der Waals surface area contributed by atoms with Crippen molar-refractivity contribution in [3.8, 4) is 5.75 Å². The Morgan fingerprint density at radius 3 is 2.23 bits per heavy atom. The lowest BCUT2D eigenvalue weighted by Crippen LogP contribution is -2.49. The first-order valence-corrected chi connectivity index (χ1v) is 9.28. The van der Waals surface area contributed by atoms with Gasteiger partial charge in [0.1, 0.15) is 5.75 Å². The average molecular weight is 353 g/mol. The summed E-state index contributed by atoms with van der Waals surface area (Å²) in [4.78, 5) is 17.1. The van der Waals surface area contributed by atoms with Gasteiger partial charge in [0.25, 0.3) is 0 Å². The van der Waals surface area contributed by atoms with Gasteiger partial charge in [0.15, 0.2) is 0 Å². The molecule has 1 fully saturated rings. The molecule has 2 aromatic carbocycles. The lowest BCUT2D eigenvalue weighted by Gasteiger charge is -2.39. The molecule has 0 radical (unpaired) electrons. The molecule has 1 heterocycles. The van der Waals surface area contributed by atoms with E-state index in [1.54, 1.807) is 12.1 Å². The fourth-order valence-electron chi connectivity index (χ4n) is 3.34. The molecule has 1 aliphatic heterocycles. The third kappa shape index (κ3) is 5.07. The number of carbonyl (C=O) groups is 1. The Morgan fingerprint density at radius 2 is 1.62 bits per heavy atom. The van der Waals surface area contributed by atoms with Crippen molar-refractivity contribution in [1.82, 2.24) is 15.1 Å². The number of nitrogens with one attached hydrogen (secondary N) is 1. The Kier molecular flexibility index (Phi) is 6.63. The maximum Gasteiger partial charge on any atom is 0.412 e. The molecule has 0 aromatic heterocycles. The van der Waals surface area contributed by atoms with E-state index < -0.39 is 6.09 Å². The Labute approximate surface area is 155 Å². The lowest BCUT2D eigenvalue weighted by atomic mass is 10.0. The number of rotatable bonds is 6. The van der Waals surface area contributed by atoms with Crippen LogP contribution in [0.2, 0.25) is 0 Å². The molecule has 5 heteroatoms. The Balaban J connectivity index is 1.62. The van der Waals surface area contributed by atoms with Gasteiger partial charge in [-0.1, -0.05) is 55.5 Å². The molecule has 1 atom stereocenters. The fourth-order valence-corrected chi connectivity index (χ4v) is 3.34. The molecule has 0 saturated carbocycles. The third-order valence-corrected chi connectivity index (χ3v) is 4.87. The zero-order chi connectivity index (χ0) is 18.2. The molecule has 1 aliphatic rings. The number of likely N-dealkylation sites (N-methyl/N-ethyl adjacent to an activating group) is 1. The highest BCUT2D eigenvalue weighted by molar-refractivity contribution is 5.70. The van der Waals surface area contributed by atoms with E-state index in [4.69, 9.17) is 4.74 Å². The summed E-state index contributed by atoms with van der Waals surface area (Å²) in [6.45, 7) is 7.95. The minimum absolute atomic E-state index is 0.151. The predicted molar refractivity (Wildman–Crippen MR) is 103 cm³/mol. The number of amides is 1. The van der Waals surface area contributed by atoms with E-state index in [9.17, 15) is 4.79 Å². The second-order valence-corrected chi connectivity index (χ2v) is 6.48. The van der Waals surface area contributed by atoms with Gasteiger partial charge >= 0.3 is 6.09 Å². The molecule has 0 spiro atoms. The fraction of sp³-hybridized carbons (Fsp3) is 0.381. The number of piperazine rings is 1. The first-order valence-electron chi connectivity index (χ1n) is 9.28. The first kappa shape index (κ1) is 18.4. The number of nitrogens with zero attached hydrogens (tertiary/aromatic N) is 2. The Hall–Kier alpha value is -2.37. The quantitative estimate of drug-likeness (QED) is 0.866. The summed E-state index contributed by atoms with van der Waals surface area (Å²) < 4.78 is 5.35. The Morgan fingerprint density at radius 1 is 1.00 bits per heavy atom. The first-order chi connectivity index (χ1) is 12.8. The molecule has 26 heavy (non-hydrogen) atoms. The van der Waals surface area contributed by atoms with Crippen LogP contribution in [0.3, 0.4) is 0 Å². The van der Waals surface area contributed by atoms with Crippen molar-refractivity contribution in [3.63, 3.8) is 0 Å². The number of hydrogen-bond acceptors (Lipinski definition) is 4. The highest BCUT2D eigenvalue weighted by atomic mass is 16.6. The van der Waals surface area contributed by atoms with E-state index in [1.807, 2.05) is 36.4 Å². The monoisotopic (exact) mass is 353 g/mol. The predicted octanol–water partition coefficient (Wildman–Crippen LogP) is 3.15. The molecule has 1 unspecified atom stereocenters. The molecule has 3 rings (SSSR count). The minimum Gasteiger partial charge on any atom is -0.410 e. The van der Waals surface area contributed by atoms with Crippen molar-refractivity contribution in [2.45, 2.75) is 13.0 Å². The van der Waals surface area contributed by atoms with E-state index in [0.29, 0.717) is 12.3 Å². The SMILES string of the molecule is CCN1CCN(C(CNC(=O)Oc2ccccc2)c2ccccc2)CC1.